The first-order valence-electron chi connectivity index (χ1n) is 5.38. The number of nitrogens with two attached hydrogens (primary N) is 1. The van der Waals surface area contributed by atoms with Crippen LogP contribution in [0.4, 0.5) is 10.1 Å². The van der Waals surface area contributed by atoms with Crippen LogP contribution in [0, 0.1) is 5.82 Å². The van der Waals surface area contributed by atoms with Crippen molar-refractivity contribution in [1.29, 1.82) is 0 Å². The van der Waals surface area contributed by atoms with Crippen LogP contribution in [0.2, 0.25) is 0 Å². The molecule has 0 aliphatic heterocycles. The minimum atomic E-state index is -4.06. The molecule has 0 fully saturated rings. The number of anilines is 1. The molecule has 0 amide bonds. The fraction of sp³-hybridized carbons (Fsp3) is 0.455. The van der Waals surface area contributed by atoms with Crippen molar-refractivity contribution in [3.05, 3.63) is 22.4 Å². The molecule has 19 heavy (non-hydrogen) atoms. The Morgan fingerprint density at radius 2 is 2.00 bits per heavy atom. The van der Waals surface area contributed by atoms with Crippen molar-refractivity contribution in [3.63, 3.8) is 0 Å². The van der Waals surface area contributed by atoms with Crippen LogP contribution in [-0.4, -0.2) is 37.0 Å². The Morgan fingerprint density at radius 3 is 2.47 bits per heavy atom. The van der Waals surface area contributed by atoms with E-state index in [0.29, 0.717) is 0 Å². The second-order valence-electron chi connectivity index (χ2n) is 4.89. The average Bonchev–Trinajstić information content (AvgIpc) is 2.20. The van der Waals surface area contributed by atoms with Crippen molar-refractivity contribution < 1.29 is 17.9 Å². The maximum absolute atomic E-state index is 13.9. The Kier molecular flexibility index (Phi) is 4.61. The summed E-state index contributed by atoms with van der Waals surface area (Å²) in [5.74, 6) is -0.906. The highest BCUT2D eigenvalue weighted by Gasteiger charge is 2.29. The second-order valence-corrected chi connectivity index (χ2v) is 7.76. The number of halogens is 2. The summed E-state index contributed by atoms with van der Waals surface area (Å²) in [6, 6.07) is 2.33. The maximum Gasteiger partial charge on any atom is 0.245 e. The third kappa shape index (κ3) is 3.88. The predicted molar refractivity (Wildman–Crippen MR) is 74.6 cm³/mol. The van der Waals surface area contributed by atoms with Crippen molar-refractivity contribution in [2.45, 2.75) is 24.3 Å². The molecule has 8 heteroatoms. The number of nitrogens with zero attached hydrogens (tertiary/aromatic N) is 1. The van der Waals surface area contributed by atoms with Crippen LogP contribution in [0.25, 0.3) is 0 Å². The summed E-state index contributed by atoms with van der Waals surface area (Å²) in [6.45, 7) is 2.76. The van der Waals surface area contributed by atoms with E-state index in [-0.39, 0.29) is 16.7 Å². The molecule has 3 N–H and O–H groups in total. The lowest BCUT2D eigenvalue weighted by atomic mass is 10.1. The van der Waals surface area contributed by atoms with Gasteiger partial charge in [-0.05, 0) is 41.9 Å². The summed E-state index contributed by atoms with van der Waals surface area (Å²) in [4.78, 5) is -0.522. The zero-order valence-corrected chi connectivity index (χ0v) is 13.2. The highest BCUT2D eigenvalue weighted by Crippen LogP contribution is 2.28. The number of benzene rings is 1. The van der Waals surface area contributed by atoms with Gasteiger partial charge in [-0.25, -0.2) is 12.8 Å². The monoisotopic (exact) mass is 354 g/mol. The van der Waals surface area contributed by atoms with Crippen LogP contribution in [0.5, 0.6) is 0 Å². The summed E-state index contributed by atoms with van der Waals surface area (Å²) < 4.78 is 39.2. The molecule has 0 heterocycles. The lowest BCUT2D eigenvalue weighted by Crippen LogP contribution is -2.40. The van der Waals surface area contributed by atoms with Crippen molar-refractivity contribution in [3.8, 4) is 0 Å². The fourth-order valence-corrected chi connectivity index (χ4v) is 3.62. The van der Waals surface area contributed by atoms with E-state index < -0.39 is 26.3 Å². The van der Waals surface area contributed by atoms with Gasteiger partial charge in [0.2, 0.25) is 10.0 Å². The molecule has 0 aliphatic rings. The van der Waals surface area contributed by atoms with E-state index in [1.54, 1.807) is 0 Å². The van der Waals surface area contributed by atoms with Crippen molar-refractivity contribution in [2.24, 2.45) is 0 Å². The van der Waals surface area contributed by atoms with Crippen LogP contribution >= 0.6 is 15.9 Å². The number of sulfonamides is 1. The van der Waals surface area contributed by atoms with Gasteiger partial charge < -0.3 is 10.8 Å². The van der Waals surface area contributed by atoms with Gasteiger partial charge in [0.15, 0.2) is 5.82 Å². The van der Waals surface area contributed by atoms with Gasteiger partial charge in [0.05, 0.1) is 10.1 Å². The van der Waals surface area contributed by atoms with Crippen molar-refractivity contribution in [2.75, 3.05) is 19.3 Å². The highest BCUT2D eigenvalue weighted by molar-refractivity contribution is 9.10. The summed E-state index contributed by atoms with van der Waals surface area (Å²) in [5, 5.41) is 9.64. The van der Waals surface area contributed by atoms with Crippen molar-refractivity contribution >= 4 is 31.6 Å². The fourth-order valence-electron chi connectivity index (χ4n) is 1.57. The molecule has 0 atom stereocenters. The third-order valence-electron chi connectivity index (χ3n) is 2.31. The Hall–Kier alpha value is -0.700. The Bertz CT molecular complexity index is 584. The first kappa shape index (κ1) is 16.4. The minimum absolute atomic E-state index is 0.0252. The molecule has 1 rings (SSSR count). The molecule has 0 radical (unpaired) electrons. The van der Waals surface area contributed by atoms with Gasteiger partial charge in [-0.15, -0.1) is 0 Å². The molecule has 0 bridgehead atoms. The van der Waals surface area contributed by atoms with Crippen molar-refractivity contribution in [1.82, 2.24) is 4.31 Å². The molecule has 0 aliphatic carbocycles. The largest absolute Gasteiger partial charge is 0.399 e. The van der Waals surface area contributed by atoms with Gasteiger partial charge in [0, 0.05) is 19.3 Å². The van der Waals surface area contributed by atoms with E-state index in [9.17, 15) is 17.9 Å². The number of nitrogen functional groups attached to an aromatic ring is 1. The smallest absolute Gasteiger partial charge is 0.245 e. The zero-order valence-electron chi connectivity index (χ0n) is 10.8. The molecule has 1 aromatic rings. The standard InChI is InChI=1S/C11H16BrFN2O3S/c1-11(2,16)6-15(3)19(17,18)9-5-7(14)4-8(12)10(9)13/h4-5,16H,6,14H2,1-3H3. The molecule has 0 spiro atoms. The summed E-state index contributed by atoms with van der Waals surface area (Å²) >= 11 is 2.91. The van der Waals surface area contributed by atoms with E-state index in [0.717, 1.165) is 10.4 Å². The molecular formula is C11H16BrFN2O3S. The Balaban J connectivity index is 3.28. The first-order valence-corrected chi connectivity index (χ1v) is 7.62. The van der Waals surface area contributed by atoms with E-state index in [1.807, 2.05) is 0 Å². The summed E-state index contributed by atoms with van der Waals surface area (Å²) in [5.41, 5.74) is 4.43. The van der Waals surface area contributed by atoms with Gasteiger partial charge in [-0.2, -0.15) is 4.31 Å². The highest BCUT2D eigenvalue weighted by atomic mass is 79.9. The average molecular weight is 355 g/mol. The number of hydrogen-bond acceptors (Lipinski definition) is 4. The third-order valence-corrected chi connectivity index (χ3v) is 4.69. The van der Waals surface area contributed by atoms with Crippen LogP contribution in [-0.2, 0) is 10.0 Å². The maximum atomic E-state index is 13.9. The second kappa shape index (κ2) is 5.35. The quantitative estimate of drug-likeness (QED) is 0.803. The van der Waals surface area contributed by atoms with E-state index in [1.165, 1.54) is 27.0 Å². The van der Waals surface area contributed by atoms with Gasteiger partial charge >= 0.3 is 0 Å². The van der Waals surface area contributed by atoms with Crippen LogP contribution in [0.1, 0.15) is 13.8 Å². The van der Waals surface area contributed by atoms with Gasteiger partial charge in [0.1, 0.15) is 4.90 Å². The molecule has 108 valence electrons. The van der Waals surface area contributed by atoms with Gasteiger partial charge in [-0.1, -0.05) is 0 Å². The van der Waals surface area contributed by atoms with E-state index >= 15 is 0 Å². The number of rotatable bonds is 4. The topological polar surface area (TPSA) is 83.6 Å². The minimum Gasteiger partial charge on any atom is -0.399 e. The lowest BCUT2D eigenvalue weighted by Gasteiger charge is -2.25. The lowest BCUT2D eigenvalue weighted by molar-refractivity contribution is 0.0639. The number of aliphatic hydroxyl groups is 1. The van der Waals surface area contributed by atoms with Crippen LogP contribution < -0.4 is 5.73 Å². The van der Waals surface area contributed by atoms with Gasteiger partial charge in [-0.3, -0.25) is 0 Å². The number of likely N-dealkylation sites (N-methyl/N-ethyl adjacent to an activating group) is 1. The molecule has 0 aromatic heterocycles. The molecular weight excluding hydrogens is 339 g/mol. The summed E-state index contributed by atoms with van der Waals surface area (Å²) in [6.07, 6.45) is 0. The molecule has 0 unspecified atom stereocenters. The first-order chi connectivity index (χ1) is 8.45. The van der Waals surface area contributed by atoms with Gasteiger partial charge in [0.25, 0.3) is 0 Å². The SMILES string of the molecule is CN(CC(C)(C)O)S(=O)(=O)c1cc(N)cc(Br)c1F. The molecule has 5 nitrogen and oxygen atoms in total. The molecule has 0 saturated heterocycles. The molecule has 1 aromatic carbocycles. The zero-order chi connectivity index (χ0) is 15.0. The normalized spacial score (nSPS) is 13.0. The van der Waals surface area contributed by atoms with Crippen LogP contribution in [0.15, 0.2) is 21.5 Å². The van der Waals surface area contributed by atoms with E-state index in [4.69, 9.17) is 5.73 Å². The van der Waals surface area contributed by atoms with Crippen LogP contribution in [0.3, 0.4) is 0 Å². The molecule has 0 saturated carbocycles. The Labute approximate surface area is 120 Å². The number of hydrogen-bond donors (Lipinski definition) is 2. The van der Waals surface area contributed by atoms with E-state index in [2.05, 4.69) is 15.9 Å². The Morgan fingerprint density at radius 1 is 1.47 bits per heavy atom. The summed E-state index contributed by atoms with van der Waals surface area (Å²) in [7, 11) is -2.79. The predicted octanol–water partition coefficient (Wildman–Crippen LogP) is 1.56.